The second-order valence-corrected chi connectivity index (χ2v) is 3.90. The number of rotatable bonds is 3. The molecule has 0 radical (unpaired) electrons. The standard InChI is InChI=1S/C14H12FNO/c1-10-3-2-8-16-14(10)13(17)9-11-4-6-12(15)7-5-11/h2-8H,9H2,1H3. The van der Waals surface area contributed by atoms with Crippen LogP contribution in [0.1, 0.15) is 21.6 Å². The van der Waals surface area contributed by atoms with Gasteiger partial charge in [0.25, 0.3) is 0 Å². The monoisotopic (exact) mass is 229 g/mol. The lowest BCUT2D eigenvalue weighted by Crippen LogP contribution is -2.07. The summed E-state index contributed by atoms with van der Waals surface area (Å²) in [5.41, 5.74) is 2.14. The highest BCUT2D eigenvalue weighted by molar-refractivity contribution is 5.96. The molecule has 0 saturated heterocycles. The zero-order valence-corrected chi connectivity index (χ0v) is 9.48. The highest BCUT2D eigenvalue weighted by Crippen LogP contribution is 2.10. The Hall–Kier alpha value is -2.03. The Morgan fingerprint density at radius 1 is 1.24 bits per heavy atom. The second-order valence-electron chi connectivity index (χ2n) is 3.90. The van der Waals surface area contributed by atoms with Gasteiger partial charge in [-0.2, -0.15) is 0 Å². The SMILES string of the molecule is Cc1cccnc1C(=O)Cc1ccc(F)cc1. The fourth-order valence-electron chi connectivity index (χ4n) is 1.65. The molecular formula is C14H12FNO. The molecule has 0 aliphatic heterocycles. The zero-order valence-electron chi connectivity index (χ0n) is 9.48. The third-order valence-corrected chi connectivity index (χ3v) is 2.55. The molecule has 0 spiro atoms. The van der Waals surface area contributed by atoms with Gasteiger partial charge in [0.05, 0.1) is 0 Å². The molecule has 1 aromatic carbocycles. The van der Waals surface area contributed by atoms with E-state index in [-0.39, 0.29) is 18.0 Å². The van der Waals surface area contributed by atoms with E-state index < -0.39 is 0 Å². The van der Waals surface area contributed by atoms with Crippen LogP contribution >= 0.6 is 0 Å². The van der Waals surface area contributed by atoms with E-state index in [4.69, 9.17) is 0 Å². The normalized spacial score (nSPS) is 10.2. The van der Waals surface area contributed by atoms with E-state index >= 15 is 0 Å². The van der Waals surface area contributed by atoms with Crippen molar-refractivity contribution in [2.45, 2.75) is 13.3 Å². The van der Waals surface area contributed by atoms with Gasteiger partial charge in [-0.3, -0.25) is 9.78 Å². The summed E-state index contributed by atoms with van der Waals surface area (Å²) in [5, 5.41) is 0. The molecule has 0 aliphatic rings. The maximum atomic E-state index is 12.7. The third kappa shape index (κ3) is 2.75. The van der Waals surface area contributed by atoms with E-state index in [1.165, 1.54) is 12.1 Å². The van der Waals surface area contributed by atoms with Crippen molar-refractivity contribution in [2.24, 2.45) is 0 Å². The summed E-state index contributed by atoms with van der Waals surface area (Å²) < 4.78 is 12.7. The Kier molecular flexibility index (Phi) is 3.28. The average molecular weight is 229 g/mol. The molecule has 1 heterocycles. The minimum absolute atomic E-state index is 0.0466. The molecule has 2 nitrogen and oxygen atoms in total. The minimum Gasteiger partial charge on any atom is -0.292 e. The van der Waals surface area contributed by atoms with Gasteiger partial charge in [0, 0.05) is 12.6 Å². The first-order valence-corrected chi connectivity index (χ1v) is 5.36. The molecule has 0 amide bonds. The molecule has 86 valence electrons. The van der Waals surface area contributed by atoms with Crippen LogP contribution in [0.25, 0.3) is 0 Å². The Balaban J connectivity index is 2.17. The highest BCUT2D eigenvalue weighted by Gasteiger charge is 2.10. The predicted molar refractivity (Wildman–Crippen MR) is 63.4 cm³/mol. The van der Waals surface area contributed by atoms with Crippen molar-refractivity contribution in [1.82, 2.24) is 4.98 Å². The number of pyridine rings is 1. The molecule has 3 heteroatoms. The van der Waals surface area contributed by atoms with E-state index in [1.807, 2.05) is 13.0 Å². The van der Waals surface area contributed by atoms with Gasteiger partial charge in [0.15, 0.2) is 5.78 Å². The summed E-state index contributed by atoms with van der Waals surface area (Å²) in [6, 6.07) is 9.59. The molecule has 0 aliphatic carbocycles. The number of benzene rings is 1. The fraction of sp³-hybridized carbons (Fsp3) is 0.143. The van der Waals surface area contributed by atoms with Crippen LogP contribution in [-0.4, -0.2) is 10.8 Å². The van der Waals surface area contributed by atoms with E-state index in [1.54, 1.807) is 24.4 Å². The summed E-state index contributed by atoms with van der Waals surface area (Å²) in [6.07, 6.45) is 1.85. The van der Waals surface area contributed by atoms with E-state index in [2.05, 4.69) is 4.98 Å². The lowest BCUT2D eigenvalue weighted by Gasteiger charge is -2.03. The fourth-order valence-corrected chi connectivity index (χ4v) is 1.65. The van der Waals surface area contributed by atoms with Gasteiger partial charge in [0.2, 0.25) is 0 Å². The Morgan fingerprint density at radius 3 is 2.59 bits per heavy atom. The van der Waals surface area contributed by atoms with Crippen LogP contribution in [0.5, 0.6) is 0 Å². The summed E-state index contributed by atoms with van der Waals surface area (Å²) in [6.45, 7) is 1.85. The van der Waals surface area contributed by atoms with Crippen molar-refractivity contribution >= 4 is 5.78 Å². The molecule has 0 bridgehead atoms. The Morgan fingerprint density at radius 2 is 1.94 bits per heavy atom. The van der Waals surface area contributed by atoms with Gasteiger partial charge in [-0.1, -0.05) is 18.2 Å². The van der Waals surface area contributed by atoms with Crippen LogP contribution in [0.4, 0.5) is 4.39 Å². The first kappa shape index (κ1) is 11.5. The second kappa shape index (κ2) is 4.87. The molecule has 0 atom stereocenters. The van der Waals surface area contributed by atoms with Gasteiger partial charge in [-0.15, -0.1) is 0 Å². The molecule has 0 unspecified atom stereocenters. The highest BCUT2D eigenvalue weighted by atomic mass is 19.1. The van der Waals surface area contributed by atoms with Gasteiger partial charge < -0.3 is 0 Å². The summed E-state index contributed by atoms with van der Waals surface area (Å²) in [4.78, 5) is 16.0. The van der Waals surface area contributed by atoms with Crippen molar-refractivity contribution < 1.29 is 9.18 Å². The molecular weight excluding hydrogens is 217 g/mol. The first-order chi connectivity index (χ1) is 8.16. The number of aromatic nitrogens is 1. The maximum absolute atomic E-state index is 12.7. The molecule has 0 fully saturated rings. The summed E-state index contributed by atoms with van der Waals surface area (Å²) in [5.74, 6) is -0.343. The first-order valence-electron chi connectivity index (χ1n) is 5.36. The predicted octanol–water partition coefficient (Wildman–Crippen LogP) is 2.95. The van der Waals surface area contributed by atoms with Crippen LogP contribution in [0.15, 0.2) is 42.6 Å². The molecule has 1 aromatic heterocycles. The maximum Gasteiger partial charge on any atom is 0.185 e. The lowest BCUT2D eigenvalue weighted by atomic mass is 10.0. The number of hydrogen-bond donors (Lipinski definition) is 0. The lowest BCUT2D eigenvalue weighted by molar-refractivity contribution is 0.0987. The van der Waals surface area contributed by atoms with Gasteiger partial charge in [0.1, 0.15) is 11.5 Å². The van der Waals surface area contributed by atoms with Crippen molar-refractivity contribution in [3.8, 4) is 0 Å². The van der Waals surface area contributed by atoms with Crippen LogP contribution in [0.2, 0.25) is 0 Å². The molecule has 2 aromatic rings. The summed E-state index contributed by atoms with van der Waals surface area (Å²) in [7, 11) is 0. The number of nitrogens with zero attached hydrogens (tertiary/aromatic N) is 1. The Labute approximate surface area is 99.1 Å². The van der Waals surface area contributed by atoms with Gasteiger partial charge in [-0.05, 0) is 36.2 Å². The third-order valence-electron chi connectivity index (χ3n) is 2.55. The molecule has 0 N–H and O–H groups in total. The van der Waals surface area contributed by atoms with Gasteiger partial charge >= 0.3 is 0 Å². The molecule has 0 saturated carbocycles. The van der Waals surface area contributed by atoms with Gasteiger partial charge in [-0.25, -0.2) is 4.39 Å². The van der Waals surface area contributed by atoms with E-state index in [9.17, 15) is 9.18 Å². The number of ketones is 1. The zero-order chi connectivity index (χ0) is 12.3. The number of hydrogen-bond acceptors (Lipinski definition) is 2. The quantitative estimate of drug-likeness (QED) is 0.757. The largest absolute Gasteiger partial charge is 0.292 e. The number of Topliss-reactive ketones (excluding diaryl/α,β-unsaturated/α-hetero) is 1. The average Bonchev–Trinajstić information content (AvgIpc) is 2.32. The van der Waals surface area contributed by atoms with Crippen molar-refractivity contribution in [3.05, 3.63) is 65.2 Å². The smallest absolute Gasteiger partial charge is 0.185 e. The minimum atomic E-state index is -0.296. The van der Waals surface area contributed by atoms with Crippen molar-refractivity contribution in [3.63, 3.8) is 0 Å². The van der Waals surface area contributed by atoms with Crippen LogP contribution in [-0.2, 0) is 6.42 Å². The number of halogens is 1. The number of carbonyl (C=O) groups excluding carboxylic acids is 1. The van der Waals surface area contributed by atoms with Crippen molar-refractivity contribution in [1.29, 1.82) is 0 Å². The van der Waals surface area contributed by atoms with E-state index in [0.717, 1.165) is 11.1 Å². The van der Waals surface area contributed by atoms with Crippen LogP contribution in [0.3, 0.4) is 0 Å². The number of aryl methyl sites for hydroxylation is 1. The summed E-state index contributed by atoms with van der Waals surface area (Å²) >= 11 is 0. The number of carbonyl (C=O) groups is 1. The van der Waals surface area contributed by atoms with Crippen LogP contribution < -0.4 is 0 Å². The van der Waals surface area contributed by atoms with Crippen molar-refractivity contribution in [2.75, 3.05) is 0 Å². The Bertz CT molecular complexity index is 534. The van der Waals surface area contributed by atoms with E-state index in [0.29, 0.717) is 5.69 Å². The van der Waals surface area contributed by atoms with Crippen LogP contribution in [0, 0.1) is 12.7 Å². The molecule has 2 rings (SSSR count). The molecule has 17 heavy (non-hydrogen) atoms. The topological polar surface area (TPSA) is 30.0 Å².